The van der Waals surface area contributed by atoms with Crippen LogP contribution in [-0.4, -0.2) is 8.07 Å². The van der Waals surface area contributed by atoms with Crippen LogP contribution in [0.15, 0.2) is 18.2 Å². The van der Waals surface area contributed by atoms with Crippen molar-refractivity contribution in [2.75, 3.05) is 0 Å². The second-order valence-electron chi connectivity index (χ2n) is 4.20. The molecule has 0 fully saturated rings. The largest absolute Gasteiger partial charge is 0.192 e. The second-order valence-corrected chi connectivity index (χ2v) is 9.20. The van der Waals surface area contributed by atoms with E-state index in [-0.39, 0.29) is 0 Å². The maximum atomic E-state index is 8.96. The molecule has 0 bridgehead atoms. The van der Waals surface area contributed by atoms with Crippen LogP contribution in [0.1, 0.15) is 11.1 Å². The first-order valence-electron chi connectivity index (χ1n) is 4.44. The van der Waals surface area contributed by atoms with E-state index in [2.05, 4.69) is 31.8 Å². The molecule has 0 aliphatic carbocycles. The molecule has 1 rings (SSSR count). The third-order valence-corrected chi connectivity index (χ3v) is 4.09. The number of hydrogen-bond acceptors (Lipinski definition) is 2. The van der Waals surface area contributed by atoms with E-state index in [9.17, 15) is 0 Å². The van der Waals surface area contributed by atoms with Crippen LogP contribution >= 0.6 is 0 Å². The summed E-state index contributed by atoms with van der Waals surface area (Å²) in [5.74, 6) is 0. The molecule has 1 aromatic rings. The molecule has 0 saturated carbocycles. The van der Waals surface area contributed by atoms with Gasteiger partial charge in [0.15, 0.2) is 0 Å². The molecule has 0 N–H and O–H groups in total. The zero-order chi connectivity index (χ0) is 10.8. The van der Waals surface area contributed by atoms with Gasteiger partial charge in [0.2, 0.25) is 0 Å². The number of rotatable bonds is 1. The molecule has 3 heteroatoms. The van der Waals surface area contributed by atoms with Gasteiger partial charge in [0.05, 0.1) is 31.3 Å². The van der Waals surface area contributed by atoms with Gasteiger partial charge in [-0.05, 0) is 17.3 Å². The molecule has 0 aliphatic heterocycles. The Morgan fingerprint density at radius 2 is 1.43 bits per heavy atom. The lowest BCUT2D eigenvalue weighted by Crippen LogP contribution is -2.41. The Balaban J connectivity index is 3.54. The minimum atomic E-state index is -1.61. The van der Waals surface area contributed by atoms with Crippen LogP contribution in [0.4, 0.5) is 0 Å². The van der Waals surface area contributed by atoms with Crippen LogP contribution in [0, 0.1) is 22.7 Å². The fourth-order valence-corrected chi connectivity index (χ4v) is 3.44. The Morgan fingerprint density at radius 1 is 1.00 bits per heavy atom. The summed E-state index contributed by atoms with van der Waals surface area (Å²) in [6.07, 6.45) is 0. The van der Waals surface area contributed by atoms with Gasteiger partial charge in [-0.1, -0.05) is 25.7 Å². The summed E-state index contributed by atoms with van der Waals surface area (Å²) < 4.78 is 0. The van der Waals surface area contributed by atoms with Crippen LogP contribution in [0.3, 0.4) is 0 Å². The van der Waals surface area contributed by atoms with Crippen LogP contribution in [0.5, 0.6) is 0 Å². The first kappa shape index (κ1) is 10.5. The van der Waals surface area contributed by atoms with Gasteiger partial charge < -0.3 is 0 Å². The Kier molecular flexibility index (Phi) is 2.74. The van der Waals surface area contributed by atoms with E-state index in [1.54, 1.807) is 18.2 Å². The van der Waals surface area contributed by atoms with Crippen molar-refractivity contribution < 1.29 is 0 Å². The molecule has 0 aliphatic rings. The zero-order valence-corrected chi connectivity index (χ0v) is 9.63. The first-order chi connectivity index (χ1) is 6.50. The third-order valence-electron chi connectivity index (χ3n) is 2.06. The van der Waals surface area contributed by atoms with Gasteiger partial charge in [-0.15, -0.1) is 0 Å². The summed E-state index contributed by atoms with van der Waals surface area (Å²) in [4.78, 5) is 0. The summed E-state index contributed by atoms with van der Waals surface area (Å²) >= 11 is 0. The van der Waals surface area contributed by atoms with Crippen LogP contribution in [0.2, 0.25) is 19.6 Å². The molecule has 14 heavy (non-hydrogen) atoms. The normalized spacial score (nSPS) is 10.4. The van der Waals surface area contributed by atoms with Crippen LogP contribution in [0.25, 0.3) is 0 Å². The highest BCUT2D eigenvalue weighted by Crippen LogP contribution is 2.10. The lowest BCUT2D eigenvalue weighted by atomic mass is 10.1. The summed E-state index contributed by atoms with van der Waals surface area (Å²) in [7, 11) is -1.61. The molecule has 1 aromatic carbocycles. The quantitative estimate of drug-likeness (QED) is 0.651. The van der Waals surface area contributed by atoms with Gasteiger partial charge >= 0.3 is 0 Å². The zero-order valence-electron chi connectivity index (χ0n) is 8.63. The highest BCUT2D eigenvalue weighted by molar-refractivity contribution is 6.89. The highest BCUT2D eigenvalue weighted by Gasteiger charge is 2.23. The Morgan fingerprint density at radius 3 is 1.71 bits per heavy atom. The van der Waals surface area contributed by atoms with Gasteiger partial charge in [0.25, 0.3) is 0 Å². The van der Waals surface area contributed by atoms with E-state index in [1.165, 1.54) is 0 Å². The summed E-state index contributed by atoms with van der Waals surface area (Å²) in [6.45, 7) is 6.43. The molecule has 0 amide bonds. The van der Waals surface area contributed by atoms with Gasteiger partial charge in [0, 0.05) is 0 Å². The first-order valence-corrected chi connectivity index (χ1v) is 7.94. The molecule has 2 nitrogen and oxygen atoms in total. The smallest absolute Gasteiger partial charge is 0.0990 e. The standard InChI is InChI=1S/C11H12N2Si/c1-14(2,3)11-9(7-12)5-4-6-10(11)8-13/h4-6H,1-3H3. The van der Waals surface area contributed by atoms with Crippen molar-refractivity contribution in [2.45, 2.75) is 19.6 Å². The van der Waals surface area contributed by atoms with Gasteiger partial charge in [-0.25, -0.2) is 0 Å². The number of nitrogens with zero attached hydrogens (tertiary/aromatic N) is 2. The SMILES string of the molecule is C[Si](C)(C)c1c(C#N)cccc1C#N. The number of benzene rings is 1. The number of hydrogen-bond donors (Lipinski definition) is 0. The Bertz CT molecular complexity index is 398. The average Bonchev–Trinajstić information content (AvgIpc) is 2.15. The molecule has 70 valence electrons. The lowest BCUT2D eigenvalue weighted by Gasteiger charge is -2.19. The van der Waals surface area contributed by atoms with Crippen molar-refractivity contribution in [2.24, 2.45) is 0 Å². The fraction of sp³-hybridized carbons (Fsp3) is 0.273. The van der Waals surface area contributed by atoms with E-state index >= 15 is 0 Å². The second kappa shape index (κ2) is 3.65. The van der Waals surface area contributed by atoms with Crippen molar-refractivity contribution in [1.82, 2.24) is 0 Å². The van der Waals surface area contributed by atoms with Crippen molar-refractivity contribution >= 4 is 13.3 Å². The fourth-order valence-electron chi connectivity index (χ4n) is 1.55. The maximum absolute atomic E-state index is 8.96. The molecule has 0 saturated heterocycles. The Hall–Kier alpha value is -1.58. The number of nitriles is 2. The maximum Gasteiger partial charge on any atom is 0.0990 e. The van der Waals surface area contributed by atoms with Crippen molar-refractivity contribution in [3.63, 3.8) is 0 Å². The topological polar surface area (TPSA) is 47.6 Å². The minimum absolute atomic E-state index is 0.656. The predicted molar refractivity (Wildman–Crippen MR) is 58.9 cm³/mol. The van der Waals surface area contributed by atoms with Crippen molar-refractivity contribution in [3.05, 3.63) is 29.3 Å². The molecular weight excluding hydrogens is 188 g/mol. The van der Waals surface area contributed by atoms with E-state index in [4.69, 9.17) is 10.5 Å². The molecule has 0 atom stereocenters. The monoisotopic (exact) mass is 200 g/mol. The molecular formula is C11H12N2Si. The van der Waals surface area contributed by atoms with Crippen molar-refractivity contribution in [1.29, 1.82) is 10.5 Å². The summed E-state index contributed by atoms with van der Waals surface area (Å²) in [6, 6.07) is 9.66. The van der Waals surface area contributed by atoms with Crippen LogP contribution in [-0.2, 0) is 0 Å². The average molecular weight is 200 g/mol. The highest BCUT2D eigenvalue weighted by atomic mass is 28.3. The lowest BCUT2D eigenvalue weighted by molar-refractivity contribution is 1.46. The molecule has 0 radical (unpaired) electrons. The van der Waals surface area contributed by atoms with E-state index < -0.39 is 8.07 Å². The van der Waals surface area contributed by atoms with Crippen LogP contribution < -0.4 is 5.19 Å². The molecule has 0 aromatic heterocycles. The van der Waals surface area contributed by atoms with Gasteiger partial charge in [0.1, 0.15) is 0 Å². The third kappa shape index (κ3) is 1.84. The predicted octanol–water partition coefficient (Wildman–Crippen LogP) is 1.98. The van der Waals surface area contributed by atoms with E-state index in [0.29, 0.717) is 11.1 Å². The Labute approximate surface area is 85.4 Å². The van der Waals surface area contributed by atoms with E-state index in [0.717, 1.165) is 5.19 Å². The molecule has 0 spiro atoms. The van der Waals surface area contributed by atoms with Gasteiger partial charge in [-0.3, -0.25) is 0 Å². The summed E-state index contributed by atoms with van der Waals surface area (Å²) in [5, 5.41) is 18.9. The van der Waals surface area contributed by atoms with E-state index in [1.807, 2.05) is 0 Å². The minimum Gasteiger partial charge on any atom is -0.192 e. The molecule has 0 unspecified atom stereocenters. The van der Waals surface area contributed by atoms with Crippen molar-refractivity contribution in [3.8, 4) is 12.1 Å². The van der Waals surface area contributed by atoms with Gasteiger partial charge in [-0.2, -0.15) is 10.5 Å². The summed E-state index contributed by atoms with van der Waals surface area (Å²) in [5.41, 5.74) is 1.31. The molecule has 0 heterocycles.